The molecule has 1 aromatic rings. The van der Waals surface area contributed by atoms with Crippen LogP contribution in [0.15, 0.2) is 22.7 Å². The summed E-state index contributed by atoms with van der Waals surface area (Å²) in [5, 5.41) is 9.06. The number of esters is 1. The van der Waals surface area contributed by atoms with E-state index in [1.807, 2.05) is 0 Å². The summed E-state index contributed by atoms with van der Waals surface area (Å²) in [5.74, 6) is -0.776. The Kier molecular flexibility index (Phi) is 4.16. The van der Waals surface area contributed by atoms with Crippen molar-refractivity contribution in [3.8, 4) is 0 Å². The highest BCUT2D eigenvalue weighted by Gasteiger charge is 2.39. The Morgan fingerprint density at radius 3 is 2.47 bits per heavy atom. The highest BCUT2D eigenvalue weighted by Crippen LogP contribution is 2.34. The number of aliphatic hydroxyl groups is 1. The molecule has 0 radical (unpaired) electrons. The third kappa shape index (κ3) is 3.44. The summed E-state index contributed by atoms with van der Waals surface area (Å²) >= 11 is 2.96. The van der Waals surface area contributed by atoms with Gasteiger partial charge < -0.3 is 9.84 Å². The third-order valence-electron chi connectivity index (χ3n) is 1.97. The minimum absolute atomic E-state index is 0.0693. The molecule has 0 saturated carbocycles. The molecule has 0 heterocycles. The number of ether oxygens (including phenoxy) is 1. The number of alkyl halides is 3. The second-order valence-corrected chi connectivity index (χ2v) is 4.12. The van der Waals surface area contributed by atoms with Crippen LogP contribution in [0.5, 0.6) is 0 Å². The van der Waals surface area contributed by atoms with Crippen LogP contribution < -0.4 is 0 Å². The van der Waals surface area contributed by atoms with Gasteiger partial charge in [-0.25, -0.2) is 4.79 Å². The van der Waals surface area contributed by atoms with E-state index in [2.05, 4.69) is 20.7 Å². The summed E-state index contributed by atoms with van der Waals surface area (Å²) in [7, 11) is 1.11. The van der Waals surface area contributed by atoms with E-state index in [1.54, 1.807) is 0 Å². The van der Waals surface area contributed by atoms with E-state index in [-0.39, 0.29) is 10.0 Å². The number of hydrogen-bond donors (Lipinski definition) is 1. The van der Waals surface area contributed by atoms with Crippen molar-refractivity contribution >= 4 is 21.9 Å². The lowest BCUT2D eigenvalue weighted by atomic mass is 10.1. The van der Waals surface area contributed by atoms with Gasteiger partial charge in [0, 0.05) is 4.47 Å². The highest BCUT2D eigenvalue weighted by molar-refractivity contribution is 9.10. The van der Waals surface area contributed by atoms with Crippen molar-refractivity contribution in [2.45, 2.75) is 12.3 Å². The first-order valence-electron chi connectivity index (χ1n) is 4.39. The van der Waals surface area contributed by atoms with E-state index in [4.69, 9.17) is 5.11 Å². The first-order valence-corrected chi connectivity index (χ1v) is 5.18. The second-order valence-electron chi connectivity index (χ2n) is 3.21. The van der Waals surface area contributed by atoms with Gasteiger partial charge in [0.15, 0.2) is 6.10 Å². The molecule has 1 unspecified atom stereocenters. The lowest BCUT2D eigenvalue weighted by Gasteiger charge is -2.15. The van der Waals surface area contributed by atoms with E-state index in [0.717, 1.165) is 19.2 Å². The zero-order valence-corrected chi connectivity index (χ0v) is 10.2. The summed E-state index contributed by atoms with van der Waals surface area (Å²) in [6.07, 6.45) is -7.42. The van der Waals surface area contributed by atoms with Crippen LogP contribution in [0.2, 0.25) is 0 Å². The Labute approximate surface area is 103 Å². The van der Waals surface area contributed by atoms with Gasteiger partial charge in [-0.3, -0.25) is 0 Å². The summed E-state index contributed by atoms with van der Waals surface area (Å²) < 4.78 is 41.5. The molecule has 1 aromatic carbocycles. The zero-order chi connectivity index (χ0) is 13.2. The van der Waals surface area contributed by atoms with Gasteiger partial charge in [0.2, 0.25) is 0 Å². The van der Waals surface area contributed by atoms with Crippen LogP contribution in [0.4, 0.5) is 13.2 Å². The molecule has 7 heteroatoms. The van der Waals surface area contributed by atoms with Gasteiger partial charge in [-0.15, -0.1) is 0 Å². The largest absolute Gasteiger partial charge is 0.465 e. The Bertz CT molecular complexity index is 431. The molecule has 0 fully saturated rings. The van der Waals surface area contributed by atoms with Crippen molar-refractivity contribution in [3.63, 3.8) is 0 Å². The Morgan fingerprint density at radius 2 is 2.00 bits per heavy atom. The average molecular weight is 313 g/mol. The number of carbonyl (C=O) groups excluding carboxylic acids is 1. The molecule has 94 valence electrons. The van der Waals surface area contributed by atoms with Gasteiger partial charge in [-0.2, -0.15) is 13.2 Å². The van der Waals surface area contributed by atoms with Crippen LogP contribution in [-0.2, 0) is 4.74 Å². The molecule has 0 aromatic heterocycles. The number of benzene rings is 1. The highest BCUT2D eigenvalue weighted by atomic mass is 79.9. The van der Waals surface area contributed by atoms with Gasteiger partial charge in [0.25, 0.3) is 0 Å². The number of aliphatic hydroxyl groups excluding tert-OH is 1. The van der Waals surface area contributed by atoms with Crippen LogP contribution in [0.25, 0.3) is 0 Å². The monoisotopic (exact) mass is 312 g/mol. The van der Waals surface area contributed by atoms with Crippen LogP contribution >= 0.6 is 15.9 Å². The molecular formula is C10H8BrF3O3. The molecule has 0 amide bonds. The lowest BCUT2D eigenvalue weighted by molar-refractivity contribution is -0.206. The molecule has 0 spiro atoms. The topological polar surface area (TPSA) is 46.5 Å². The summed E-state index contributed by atoms with van der Waals surface area (Å²) in [5.41, 5.74) is -0.493. The minimum atomic E-state index is -4.78. The maximum Gasteiger partial charge on any atom is 0.418 e. The summed E-state index contributed by atoms with van der Waals surface area (Å²) in [4.78, 5) is 11.2. The average Bonchev–Trinajstić information content (AvgIpc) is 2.24. The maximum absolute atomic E-state index is 12.3. The number of rotatable bonds is 2. The minimum Gasteiger partial charge on any atom is -0.465 e. The van der Waals surface area contributed by atoms with Gasteiger partial charge >= 0.3 is 12.1 Å². The number of methoxy groups -OCH3 is 1. The van der Waals surface area contributed by atoms with E-state index in [1.165, 1.54) is 6.07 Å². The van der Waals surface area contributed by atoms with Crippen molar-refractivity contribution in [3.05, 3.63) is 33.8 Å². The molecule has 17 heavy (non-hydrogen) atoms. The van der Waals surface area contributed by atoms with E-state index in [9.17, 15) is 18.0 Å². The van der Waals surface area contributed by atoms with Crippen LogP contribution in [0, 0.1) is 0 Å². The Hall–Kier alpha value is -1.08. The molecule has 3 nitrogen and oxygen atoms in total. The maximum atomic E-state index is 12.3. The molecule has 0 aliphatic carbocycles. The van der Waals surface area contributed by atoms with Crippen molar-refractivity contribution in [2.75, 3.05) is 7.11 Å². The quantitative estimate of drug-likeness (QED) is 0.854. The number of hydrogen-bond acceptors (Lipinski definition) is 3. The summed E-state index contributed by atoms with van der Waals surface area (Å²) in [6, 6.07) is 3.33. The van der Waals surface area contributed by atoms with Crippen molar-refractivity contribution in [2.24, 2.45) is 0 Å². The van der Waals surface area contributed by atoms with Gasteiger partial charge in [-0.05, 0) is 23.8 Å². The fourth-order valence-corrected chi connectivity index (χ4v) is 1.71. The number of carbonyl (C=O) groups is 1. The van der Waals surface area contributed by atoms with E-state index in [0.29, 0.717) is 0 Å². The standard InChI is InChI=1S/C10H8BrF3O3/c1-17-9(16)6-2-5(3-7(11)4-6)8(15)10(12,13)14/h2-4,8,15H,1H3. The van der Waals surface area contributed by atoms with E-state index >= 15 is 0 Å². The fourth-order valence-electron chi connectivity index (χ4n) is 1.19. The predicted octanol–water partition coefficient (Wildman–Crippen LogP) is 2.83. The third-order valence-corrected chi connectivity index (χ3v) is 2.42. The molecule has 1 atom stereocenters. The Balaban J connectivity index is 3.18. The molecule has 0 bridgehead atoms. The van der Waals surface area contributed by atoms with Crippen molar-refractivity contribution < 1.29 is 27.8 Å². The van der Waals surface area contributed by atoms with Crippen molar-refractivity contribution in [1.82, 2.24) is 0 Å². The fraction of sp³-hybridized carbons (Fsp3) is 0.300. The van der Waals surface area contributed by atoms with Crippen LogP contribution in [0.1, 0.15) is 22.0 Å². The molecule has 1 N–H and O–H groups in total. The zero-order valence-electron chi connectivity index (χ0n) is 8.58. The lowest BCUT2D eigenvalue weighted by Crippen LogP contribution is -2.20. The first kappa shape index (κ1) is 14.0. The molecule has 0 aliphatic rings. The molecule has 0 saturated heterocycles. The molecule has 1 rings (SSSR count). The van der Waals surface area contributed by atoms with Gasteiger partial charge in [0.1, 0.15) is 0 Å². The molecule has 0 aliphatic heterocycles. The van der Waals surface area contributed by atoms with E-state index < -0.39 is 23.8 Å². The Morgan fingerprint density at radius 1 is 1.41 bits per heavy atom. The van der Waals surface area contributed by atoms with Crippen LogP contribution in [0.3, 0.4) is 0 Å². The predicted molar refractivity (Wildman–Crippen MR) is 56.5 cm³/mol. The second kappa shape index (κ2) is 5.05. The SMILES string of the molecule is COC(=O)c1cc(Br)cc(C(O)C(F)(F)F)c1. The van der Waals surface area contributed by atoms with Crippen LogP contribution in [-0.4, -0.2) is 24.4 Å². The smallest absolute Gasteiger partial charge is 0.418 e. The first-order chi connectivity index (χ1) is 7.75. The van der Waals surface area contributed by atoms with Gasteiger partial charge in [-0.1, -0.05) is 15.9 Å². The normalized spacial score (nSPS) is 13.3. The van der Waals surface area contributed by atoms with Gasteiger partial charge in [0.05, 0.1) is 12.7 Å². The number of halogens is 4. The molecular weight excluding hydrogens is 305 g/mol. The van der Waals surface area contributed by atoms with Crippen molar-refractivity contribution in [1.29, 1.82) is 0 Å². The summed E-state index contributed by atoms with van der Waals surface area (Å²) in [6.45, 7) is 0.